The van der Waals surface area contributed by atoms with Crippen LogP contribution in [0, 0.1) is 0 Å². The molecule has 4 rings (SSSR count). The molecule has 0 saturated carbocycles. The van der Waals surface area contributed by atoms with E-state index in [0.717, 1.165) is 22.3 Å². The first-order valence-electron chi connectivity index (χ1n) is 11.7. The van der Waals surface area contributed by atoms with E-state index in [-0.39, 0.29) is 37.7 Å². The molecule has 1 unspecified atom stereocenters. The van der Waals surface area contributed by atoms with Crippen LogP contribution in [0.4, 0.5) is 4.79 Å². The molecule has 0 spiro atoms. The molecule has 1 fully saturated rings. The highest BCUT2D eigenvalue weighted by Crippen LogP contribution is 2.44. The predicted molar refractivity (Wildman–Crippen MR) is 127 cm³/mol. The number of likely N-dealkylation sites (tertiary alicyclic amines) is 1. The maximum Gasteiger partial charge on any atom is 0.407 e. The summed E-state index contributed by atoms with van der Waals surface area (Å²) in [5.74, 6) is -1.36. The van der Waals surface area contributed by atoms with Gasteiger partial charge in [-0.25, -0.2) is 9.59 Å². The van der Waals surface area contributed by atoms with E-state index in [0.29, 0.717) is 25.9 Å². The number of nitrogens with one attached hydrogen (secondary N) is 1. The highest BCUT2D eigenvalue weighted by Gasteiger charge is 2.32. The molecule has 2 N–H and O–H groups in total. The summed E-state index contributed by atoms with van der Waals surface area (Å²) in [6.45, 7) is 0.637. The molecule has 2 aromatic carbocycles. The first-order chi connectivity index (χ1) is 17.0. The summed E-state index contributed by atoms with van der Waals surface area (Å²) in [5.41, 5.74) is 4.50. The predicted octanol–water partition coefficient (Wildman–Crippen LogP) is 2.63. The zero-order chi connectivity index (χ0) is 24.8. The minimum atomic E-state index is -1.02. The standard InChI is InChI=1S/C26H30N2O7/c1-33-15-23(25(31)28-12-10-17(11-13-28)34-16-24(29)30)27-26(32)35-14-22-20-8-4-2-6-18(20)19-7-3-5-9-21(19)22/h2-9,17,22-23H,10-16H2,1H3,(H,27,32)(H,29,30). The van der Waals surface area contributed by atoms with Gasteiger partial charge in [-0.2, -0.15) is 0 Å². The summed E-state index contributed by atoms with van der Waals surface area (Å²) >= 11 is 0. The number of fused-ring (bicyclic) bond motifs is 3. The van der Waals surface area contributed by atoms with Crippen LogP contribution in [0.15, 0.2) is 48.5 Å². The largest absolute Gasteiger partial charge is 0.480 e. The first kappa shape index (κ1) is 24.7. The number of benzene rings is 2. The average molecular weight is 483 g/mol. The second kappa shape index (κ2) is 11.3. The second-order valence-electron chi connectivity index (χ2n) is 8.71. The lowest BCUT2D eigenvalue weighted by atomic mass is 9.98. The minimum absolute atomic E-state index is 0.0124. The molecule has 1 saturated heterocycles. The highest BCUT2D eigenvalue weighted by molar-refractivity contribution is 5.86. The van der Waals surface area contributed by atoms with Crippen molar-refractivity contribution in [3.63, 3.8) is 0 Å². The van der Waals surface area contributed by atoms with Crippen LogP contribution in [0.2, 0.25) is 0 Å². The molecule has 1 heterocycles. The number of carboxylic acids is 1. The SMILES string of the molecule is COCC(NC(=O)OCC1c2ccccc2-c2ccccc21)C(=O)N1CCC(OCC(=O)O)CC1. The number of methoxy groups -OCH3 is 1. The van der Waals surface area contributed by atoms with Crippen molar-refractivity contribution in [2.45, 2.75) is 30.9 Å². The molecule has 0 radical (unpaired) electrons. The van der Waals surface area contributed by atoms with Gasteiger partial charge in [0.1, 0.15) is 19.3 Å². The number of carbonyl (C=O) groups excluding carboxylic acids is 2. The van der Waals surface area contributed by atoms with Crippen LogP contribution in [0.3, 0.4) is 0 Å². The monoisotopic (exact) mass is 482 g/mol. The highest BCUT2D eigenvalue weighted by atomic mass is 16.5. The molecule has 9 nitrogen and oxygen atoms in total. The van der Waals surface area contributed by atoms with E-state index < -0.39 is 18.1 Å². The van der Waals surface area contributed by atoms with Gasteiger partial charge in [0.15, 0.2) is 0 Å². The van der Waals surface area contributed by atoms with E-state index in [2.05, 4.69) is 17.4 Å². The average Bonchev–Trinajstić information content (AvgIpc) is 3.19. The summed E-state index contributed by atoms with van der Waals surface area (Å²) in [7, 11) is 1.46. The van der Waals surface area contributed by atoms with Crippen molar-refractivity contribution in [2.24, 2.45) is 0 Å². The van der Waals surface area contributed by atoms with Gasteiger partial charge in [0.2, 0.25) is 5.91 Å². The van der Waals surface area contributed by atoms with Crippen LogP contribution < -0.4 is 5.32 Å². The van der Waals surface area contributed by atoms with Crippen molar-refractivity contribution < 1.29 is 33.7 Å². The number of ether oxygens (including phenoxy) is 3. The molecule has 1 aliphatic heterocycles. The van der Waals surface area contributed by atoms with Crippen LogP contribution in [-0.4, -0.2) is 80.1 Å². The van der Waals surface area contributed by atoms with Gasteiger partial charge in [0.05, 0.1) is 12.7 Å². The summed E-state index contributed by atoms with van der Waals surface area (Å²) < 4.78 is 16.1. The Bertz CT molecular complexity index is 1020. The molecule has 1 atom stereocenters. The summed E-state index contributed by atoms with van der Waals surface area (Å²) in [6, 6.07) is 15.3. The third-order valence-electron chi connectivity index (χ3n) is 6.46. The van der Waals surface area contributed by atoms with E-state index in [4.69, 9.17) is 19.3 Å². The molecule has 35 heavy (non-hydrogen) atoms. The van der Waals surface area contributed by atoms with Gasteiger partial charge in [-0.3, -0.25) is 4.79 Å². The van der Waals surface area contributed by atoms with E-state index in [1.54, 1.807) is 4.90 Å². The third kappa shape index (κ3) is 5.80. The fraction of sp³-hybridized carbons (Fsp3) is 0.423. The molecule has 2 aromatic rings. The summed E-state index contributed by atoms with van der Waals surface area (Å²) in [6.07, 6.45) is 0.181. The number of amides is 2. The number of hydrogen-bond donors (Lipinski definition) is 2. The number of carboxylic acid groups (broad SMARTS) is 1. The fourth-order valence-electron chi connectivity index (χ4n) is 4.78. The van der Waals surface area contributed by atoms with E-state index >= 15 is 0 Å². The topological polar surface area (TPSA) is 114 Å². The van der Waals surface area contributed by atoms with Gasteiger partial charge in [0, 0.05) is 26.1 Å². The molecule has 0 aromatic heterocycles. The van der Waals surface area contributed by atoms with Crippen molar-refractivity contribution >= 4 is 18.0 Å². The van der Waals surface area contributed by atoms with Gasteiger partial charge in [-0.1, -0.05) is 48.5 Å². The maximum absolute atomic E-state index is 13.0. The number of nitrogens with zero attached hydrogens (tertiary/aromatic N) is 1. The quantitative estimate of drug-likeness (QED) is 0.565. The molecule has 9 heteroatoms. The fourth-order valence-corrected chi connectivity index (χ4v) is 4.78. The molecule has 186 valence electrons. The van der Waals surface area contributed by atoms with Crippen molar-refractivity contribution in [3.05, 3.63) is 59.7 Å². The van der Waals surface area contributed by atoms with Crippen LogP contribution in [-0.2, 0) is 23.8 Å². The van der Waals surface area contributed by atoms with Gasteiger partial charge in [-0.05, 0) is 35.1 Å². The number of rotatable bonds is 9. The van der Waals surface area contributed by atoms with Crippen molar-refractivity contribution in [3.8, 4) is 11.1 Å². The Hall–Kier alpha value is -3.43. The lowest BCUT2D eigenvalue weighted by Crippen LogP contribution is -2.53. The van der Waals surface area contributed by atoms with Crippen molar-refractivity contribution in [1.82, 2.24) is 10.2 Å². The summed E-state index contributed by atoms with van der Waals surface area (Å²) in [4.78, 5) is 38.0. The molecule has 0 bridgehead atoms. The van der Waals surface area contributed by atoms with Gasteiger partial charge in [0.25, 0.3) is 0 Å². The van der Waals surface area contributed by atoms with Crippen molar-refractivity contribution in [2.75, 3.05) is 40.0 Å². The van der Waals surface area contributed by atoms with Crippen LogP contribution >= 0.6 is 0 Å². The lowest BCUT2D eigenvalue weighted by molar-refractivity contribution is -0.147. The van der Waals surface area contributed by atoms with E-state index in [9.17, 15) is 14.4 Å². The van der Waals surface area contributed by atoms with E-state index in [1.807, 2.05) is 36.4 Å². The van der Waals surface area contributed by atoms with Crippen LogP contribution in [0.1, 0.15) is 29.9 Å². The number of hydrogen-bond acceptors (Lipinski definition) is 6. The van der Waals surface area contributed by atoms with Gasteiger partial charge < -0.3 is 29.5 Å². The lowest BCUT2D eigenvalue weighted by Gasteiger charge is -2.34. The third-order valence-corrected chi connectivity index (χ3v) is 6.46. The normalized spacial score (nSPS) is 16.3. The van der Waals surface area contributed by atoms with Crippen molar-refractivity contribution in [1.29, 1.82) is 0 Å². The Morgan fingerprint density at radius 2 is 1.63 bits per heavy atom. The second-order valence-corrected chi connectivity index (χ2v) is 8.71. The van der Waals surface area contributed by atoms with Gasteiger partial charge in [-0.15, -0.1) is 0 Å². The molecular weight excluding hydrogens is 452 g/mol. The zero-order valence-electron chi connectivity index (χ0n) is 19.6. The molecule has 2 aliphatic rings. The minimum Gasteiger partial charge on any atom is -0.480 e. The Morgan fingerprint density at radius 3 is 2.20 bits per heavy atom. The first-order valence-corrected chi connectivity index (χ1v) is 11.7. The number of aliphatic carboxylic acids is 1. The Labute approximate surface area is 204 Å². The summed E-state index contributed by atoms with van der Waals surface area (Å²) in [5, 5.41) is 11.4. The van der Waals surface area contributed by atoms with Crippen LogP contribution in [0.5, 0.6) is 0 Å². The zero-order valence-corrected chi connectivity index (χ0v) is 19.6. The Kier molecular flexibility index (Phi) is 7.99. The number of carbonyl (C=O) groups is 3. The maximum atomic E-state index is 13.0. The number of piperidine rings is 1. The van der Waals surface area contributed by atoms with Crippen LogP contribution in [0.25, 0.3) is 11.1 Å². The molecule has 2 amide bonds. The van der Waals surface area contributed by atoms with E-state index in [1.165, 1.54) is 7.11 Å². The molecular formula is C26H30N2O7. The smallest absolute Gasteiger partial charge is 0.407 e. The van der Waals surface area contributed by atoms with Gasteiger partial charge >= 0.3 is 12.1 Å². The Morgan fingerprint density at radius 1 is 1.03 bits per heavy atom. The molecule has 1 aliphatic carbocycles. The number of alkyl carbamates (subject to hydrolysis) is 1. The Balaban J connectivity index is 1.33.